The molecule has 3 rings (SSSR count). The minimum Gasteiger partial charge on any atom is -0.453 e. The zero-order valence-electron chi connectivity index (χ0n) is 27.3. The highest BCUT2D eigenvalue weighted by atomic mass is 19.3. The van der Waals surface area contributed by atoms with Crippen molar-refractivity contribution in [3.63, 3.8) is 0 Å². The molecule has 4 amide bonds. The lowest BCUT2D eigenvalue weighted by Gasteiger charge is -2.35. The van der Waals surface area contributed by atoms with E-state index in [1.807, 2.05) is 13.8 Å². The van der Waals surface area contributed by atoms with Crippen LogP contribution in [0.3, 0.4) is 0 Å². The SMILES string of the molecule is C1CCOCC1.CC.CCC(C)(F)F.COC(=O)N[C@H](C(=O)N1CCCC1C(=O)NCC(=O)C(=O)NC1CC1)C(C)(C)C. The lowest BCUT2D eigenvalue weighted by Crippen LogP contribution is -2.58. The summed E-state index contributed by atoms with van der Waals surface area (Å²) in [5.41, 5.74) is -0.605. The number of amides is 4. The number of alkyl carbamates (subject to hydrolysis) is 1. The second-order valence-corrected chi connectivity index (χ2v) is 11.6. The first kappa shape index (κ1) is 40.2. The van der Waals surface area contributed by atoms with Crippen molar-refractivity contribution in [3.8, 4) is 0 Å². The Kier molecular flexibility index (Phi) is 18.9. The molecule has 43 heavy (non-hydrogen) atoms. The lowest BCUT2D eigenvalue weighted by molar-refractivity contribution is -0.142. The van der Waals surface area contributed by atoms with Gasteiger partial charge in [0.15, 0.2) is 0 Å². The highest BCUT2D eigenvalue weighted by Crippen LogP contribution is 2.26. The minimum absolute atomic E-state index is 0.0572. The number of alkyl halides is 2. The molecule has 2 aliphatic heterocycles. The maximum atomic E-state index is 13.1. The Morgan fingerprint density at radius 2 is 1.51 bits per heavy atom. The van der Waals surface area contributed by atoms with E-state index in [1.54, 1.807) is 20.8 Å². The largest absolute Gasteiger partial charge is 0.453 e. The molecule has 1 saturated carbocycles. The second kappa shape index (κ2) is 20.2. The molecule has 3 fully saturated rings. The van der Waals surface area contributed by atoms with Crippen LogP contribution in [0.25, 0.3) is 0 Å². The molecule has 2 atom stereocenters. The van der Waals surface area contributed by atoms with Crippen LogP contribution < -0.4 is 16.0 Å². The lowest BCUT2D eigenvalue weighted by atomic mass is 9.85. The number of halogens is 2. The van der Waals surface area contributed by atoms with E-state index in [4.69, 9.17) is 4.74 Å². The van der Waals surface area contributed by atoms with Crippen molar-refractivity contribution in [2.45, 2.75) is 124 Å². The zero-order chi connectivity index (χ0) is 33.2. The Morgan fingerprint density at radius 1 is 0.953 bits per heavy atom. The summed E-state index contributed by atoms with van der Waals surface area (Å²) in [6.45, 7) is 13.7. The standard InChI is InChI=1S/C19H30N4O6.C5H10O.C4H8F2.C2H6/c1-19(2,3)14(22-18(28)29-4)17(27)23-9-5-6-12(23)15(25)20-10-13(24)16(26)21-11-7-8-11;1-2-4-6-5-3-1;1-3-4(2,5)6;1-2/h11-12,14H,5-10H2,1-4H3,(H,20,25)(H,21,26)(H,22,28);1-5H2;3H2,1-2H3;1-2H3/t12?,14-;;;/m1.../s1. The van der Waals surface area contributed by atoms with Crippen molar-refractivity contribution in [1.29, 1.82) is 0 Å². The van der Waals surface area contributed by atoms with Gasteiger partial charge >= 0.3 is 6.09 Å². The van der Waals surface area contributed by atoms with Crippen molar-refractivity contribution in [1.82, 2.24) is 20.9 Å². The minimum atomic E-state index is -2.46. The fourth-order valence-corrected chi connectivity index (χ4v) is 3.84. The van der Waals surface area contributed by atoms with Gasteiger partial charge in [0.25, 0.3) is 5.91 Å². The van der Waals surface area contributed by atoms with E-state index in [2.05, 4.69) is 20.7 Å². The molecule has 1 aliphatic carbocycles. The van der Waals surface area contributed by atoms with E-state index in [0.29, 0.717) is 19.4 Å². The van der Waals surface area contributed by atoms with Gasteiger partial charge in [-0.2, -0.15) is 0 Å². The molecule has 3 aliphatic rings. The van der Waals surface area contributed by atoms with Gasteiger partial charge < -0.3 is 30.3 Å². The van der Waals surface area contributed by atoms with Crippen molar-refractivity contribution in [2.75, 3.05) is 33.4 Å². The summed E-state index contributed by atoms with van der Waals surface area (Å²) in [6, 6.07) is -1.58. The van der Waals surface area contributed by atoms with Crippen molar-refractivity contribution in [3.05, 3.63) is 0 Å². The molecule has 250 valence electrons. The fraction of sp³-hybridized carbons (Fsp3) is 0.833. The molecule has 0 aromatic heterocycles. The van der Waals surface area contributed by atoms with Gasteiger partial charge in [-0.3, -0.25) is 19.2 Å². The van der Waals surface area contributed by atoms with E-state index in [0.717, 1.165) is 33.0 Å². The monoisotopic (exact) mass is 620 g/mol. The summed E-state index contributed by atoms with van der Waals surface area (Å²) >= 11 is 0. The number of Topliss-reactive ketones (excluding diaryl/α,β-unsaturated/α-hetero) is 1. The van der Waals surface area contributed by atoms with E-state index in [9.17, 15) is 32.8 Å². The quantitative estimate of drug-likeness (QED) is 0.349. The number of carbonyl (C=O) groups excluding carboxylic acids is 5. The van der Waals surface area contributed by atoms with Crippen LogP contribution in [0.1, 0.15) is 99.8 Å². The smallest absolute Gasteiger partial charge is 0.407 e. The summed E-state index contributed by atoms with van der Waals surface area (Å²) in [4.78, 5) is 62.3. The van der Waals surface area contributed by atoms with Crippen LogP contribution in [0, 0.1) is 5.41 Å². The van der Waals surface area contributed by atoms with Crippen LogP contribution in [0.2, 0.25) is 0 Å². The zero-order valence-corrected chi connectivity index (χ0v) is 27.3. The Hall–Kier alpha value is -2.83. The Labute approximate surface area is 255 Å². The van der Waals surface area contributed by atoms with Crippen molar-refractivity contribution in [2.24, 2.45) is 5.41 Å². The van der Waals surface area contributed by atoms with E-state index >= 15 is 0 Å². The molecule has 0 radical (unpaired) electrons. The molecule has 0 aromatic rings. The summed E-state index contributed by atoms with van der Waals surface area (Å²) in [5.74, 6) is -4.77. The summed E-state index contributed by atoms with van der Waals surface area (Å²) in [5, 5.41) is 7.57. The average Bonchev–Trinajstić information content (AvgIpc) is 3.66. The van der Waals surface area contributed by atoms with Crippen LogP contribution in [0.15, 0.2) is 0 Å². The highest BCUT2D eigenvalue weighted by Gasteiger charge is 2.42. The highest BCUT2D eigenvalue weighted by molar-refractivity contribution is 6.37. The van der Waals surface area contributed by atoms with Gasteiger partial charge in [0, 0.05) is 32.2 Å². The molecular formula is C30H54F2N4O7. The number of hydrogen-bond acceptors (Lipinski definition) is 7. The molecule has 3 N–H and O–H groups in total. The molecular weight excluding hydrogens is 566 g/mol. The Bertz CT molecular complexity index is 871. The molecule has 0 bridgehead atoms. The number of nitrogens with zero attached hydrogens (tertiary/aromatic N) is 1. The molecule has 2 saturated heterocycles. The van der Waals surface area contributed by atoms with Crippen molar-refractivity contribution < 1.29 is 42.2 Å². The normalized spacial score (nSPS) is 18.6. The van der Waals surface area contributed by atoms with E-state index in [1.165, 1.54) is 38.2 Å². The van der Waals surface area contributed by atoms with Crippen LogP contribution in [0.4, 0.5) is 13.6 Å². The second-order valence-electron chi connectivity index (χ2n) is 11.6. The van der Waals surface area contributed by atoms with Gasteiger partial charge in [0.2, 0.25) is 23.5 Å². The number of ether oxygens (including phenoxy) is 2. The van der Waals surface area contributed by atoms with Gasteiger partial charge in [-0.25, -0.2) is 13.6 Å². The summed E-state index contributed by atoms with van der Waals surface area (Å²) < 4.78 is 32.6. The van der Waals surface area contributed by atoms with Gasteiger partial charge in [-0.15, -0.1) is 0 Å². The average molecular weight is 621 g/mol. The van der Waals surface area contributed by atoms with Crippen molar-refractivity contribution >= 4 is 29.6 Å². The Morgan fingerprint density at radius 3 is 1.91 bits per heavy atom. The Balaban J connectivity index is 0.00000104. The van der Waals surface area contributed by atoms with Crippen LogP contribution in [-0.4, -0.2) is 92.0 Å². The molecule has 0 aromatic carbocycles. The van der Waals surface area contributed by atoms with Crippen LogP contribution in [-0.2, 0) is 28.7 Å². The number of methoxy groups -OCH3 is 1. The molecule has 1 unspecified atom stereocenters. The number of nitrogens with one attached hydrogen (secondary N) is 3. The van der Waals surface area contributed by atoms with Crippen LogP contribution in [0.5, 0.6) is 0 Å². The first-order chi connectivity index (χ1) is 20.1. The summed E-state index contributed by atoms with van der Waals surface area (Å²) in [7, 11) is 1.21. The van der Waals surface area contributed by atoms with E-state index < -0.39 is 59.6 Å². The van der Waals surface area contributed by atoms with Gasteiger partial charge in [-0.05, 0) is 57.3 Å². The number of likely N-dealkylation sites (tertiary alicyclic amines) is 1. The third-order valence-electron chi connectivity index (χ3n) is 6.69. The predicted octanol–water partition coefficient (Wildman–Crippen LogP) is 3.98. The molecule has 11 nitrogen and oxygen atoms in total. The molecule has 0 spiro atoms. The third kappa shape index (κ3) is 17.2. The van der Waals surface area contributed by atoms with Crippen LogP contribution >= 0.6 is 0 Å². The molecule has 2 heterocycles. The maximum absolute atomic E-state index is 13.1. The number of rotatable bonds is 8. The van der Waals surface area contributed by atoms with Gasteiger partial charge in [0.05, 0.1) is 13.7 Å². The predicted molar refractivity (Wildman–Crippen MR) is 160 cm³/mol. The maximum Gasteiger partial charge on any atom is 0.407 e. The topological polar surface area (TPSA) is 143 Å². The van der Waals surface area contributed by atoms with Gasteiger partial charge in [0.1, 0.15) is 12.1 Å². The molecule has 13 heteroatoms. The number of carbonyl (C=O) groups is 5. The first-order valence-electron chi connectivity index (χ1n) is 15.3. The van der Waals surface area contributed by atoms with E-state index in [-0.39, 0.29) is 12.5 Å². The first-order valence-corrected chi connectivity index (χ1v) is 15.3. The number of ketones is 1. The fourth-order valence-electron chi connectivity index (χ4n) is 3.84. The third-order valence-corrected chi connectivity index (χ3v) is 6.69. The summed E-state index contributed by atoms with van der Waals surface area (Å²) in [6.07, 6.45) is 5.92. The van der Waals surface area contributed by atoms with Gasteiger partial charge in [-0.1, -0.05) is 41.5 Å². The number of hydrogen-bond donors (Lipinski definition) is 3.